The molecule has 0 saturated carbocycles. The largest absolute Gasteiger partial charge is 0.425 e. The Balaban J connectivity index is 5.22. The lowest BCUT2D eigenvalue weighted by Crippen LogP contribution is -2.59. The van der Waals surface area contributed by atoms with Crippen LogP contribution < -0.4 is 0 Å². The first-order valence-corrected chi connectivity index (χ1v) is 6.95. The Morgan fingerprint density at radius 3 is 1.00 bits per heavy atom. The average molecular weight is 434 g/mol. The lowest BCUT2D eigenvalue weighted by Gasteiger charge is -2.33. The second-order valence-electron chi connectivity index (χ2n) is 4.95. The summed E-state index contributed by atoms with van der Waals surface area (Å²) < 4.78 is 166. The normalized spacial score (nSPS) is 15.3. The number of halogens is 12. The van der Waals surface area contributed by atoms with E-state index in [1.165, 1.54) is 0 Å². The van der Waals surface area contributed by atoms with E-state index in [4.69, 9.17) is 0 Å². The molecule has 0 rings (SSSR count). The number of ether oxygens (including phenoxy) is 3. The van der Waals surface area contributed by atoms with Crippen LogP contribution in [-0.4, -0.2) is 62.3 Å². The van der Waals surface area contributed by atoms with E-state index in [0.717, 1.165) is 13.8 Å². The maximum absolute atomic E-state index is 13.2. The van der Waals surface area contributed by atoms with Crippen LogP contribution in [-0.2, 0) is 14.2 Å². The zero-order chi connectivity index (χ0) is 21.9. The summed E-state index contributed by atoms with van der Waals surface area (Å²) in [6.07, 6.45) is -11.5. The van der Waals surface area contributed by atoms with E-state index in [0.29, 0.717) is 0 Å². The molecule has 0 bridgehead atoms. The highest BCUT2D eigenvalue weighted by molar-refractivity contribution is 4.94. The van der Waals surface area contributed by atoms with E-state index in [1.54, 1.807) is 0 Å². The van der Waals surface area contributed by atoms with Gasteiger partial charge in [-0.3, -0.25) is 0 Å². The SMILES string of the molecule is CCOC(F)(F)C(F)(F)C(F)(F)COCC(F)(F)C(F)(F)C(F)(F)OCC. The Labute approximate surface area is 144 Å². The summed E-state index contributed by atoms with van der Waals surface area (Å²) in [6.45, 7) is -6.63. The third-order valence-electron chi connectivity index (χ3n) is 2.87. The molecule has 0 aromatic rings. The van der Waals surface area contributed by atoms with Gasteiger partial charge in [0, 0.05) is 0 Å². The summed E-state index contributed by atoms with van der Waals surface area (Å²) in [5, 5.41) is 0. The van der Waals surface area contributed by atoms with E-state index >= 15 is 0 Å². The molecule has 0 aliphatic rings. The van der Waals surface area contributed by atoms with Crippen molar-refractivity contribution in [3.8, 4) is 0 Å². The molecule has 0 spiro atoms. The monoisotopic (exact) mass is 434 g/mol. The smallest absolute Gasteiger partial charge is 0.368 e. The quantitative estimate of drug-likeness (QED) is 0.413. The van der Waals surface area contributed by atoms with Gasteiger partial charge in [-0.05, 0) is 13.8 Å². The molecule has 0 unspecified atom stereocenters. The lowest BCUT2D eigenvalue weighted by molar-refractivity contribution is -0.411. The van der Waals surface area contributed by atoms with Gasteiger partial charge in [-0.2, -0.15) is 52.7 Å². The van der Waals surface area contributed by atoms with Crippen molar-refractivity contribution in [2.75, 3.05) is 26.4 Å². The average Bonchev–Trinajstić information content (AvgIpc) is 2.45. The fourth-order valence-electron chi connectivity index (χ4n) is 1.46. The molecule has 0 aliphatic heterocycles. The van der Waals surface area contributed by atoms with E-state index in [2.05, 4.69) is 14.2 Å². The summed E-state index contributed by atoms with van der Waals surface area (Å²) in [7, 11) is 0. The lowest BCUT2D eigenvalue weighted by atomic mass is 10.1. The zero-order valence-electron chi connectivity index (χ0n) is 13.6. The molecule has 0 N–H and O–H groups in total. The summed E-state index contributed by atoms with van der Waals surface area (Å²) in [4.78, 5) is 0. The molecule has 0 atom stereocenters. The van der Waals surface area contributed by atoms with Gasteiger partial charge in [0.05, 0.1) is 13.2 Å². The first kappa shape index (κ1) is 26.0. The Hall–Kier alpha value is -0.960. The van der Waals surface area contributed by atoms with Crippen molar-refractivity contribution in [3.63, 3.8) is 0 Å². The third-order valence-corrected chi connectivity index (χ3v) is 2.87. The maximum atomic E-state index is 13.2. The predicted octanol–water partition coefficient (Wildman–Crippen LogP) is 4.80. The second kappa shape index (κ2) is 8.19. The highest BCUT2D eigenvalue weighted by Gasteiger charge is 2.75. The van der Waals surface area contributed by atoms with Crippen LogP contribution in [0.1, 0.15) is 13.8 Å². The molecule has 0 aromatic heterocycles. The zero-order valence-corrected chi connectivity index (χ0v) is 13.6. The van der Waals surface area contributed by atoms with E-state index in [9.17, 15) is 52.7 Å². The van der Waals surface area contributed by atoms with Crippen LogP contribution in [0.2, 0.25) is 0 Å². The van der Waals surface area contributed by atoms with Gasteiger partial charge in [-0.1, -0.05) is 0 Å². The molecule has 0 heterocycles. The Kier molecular flexibility index (Phi) is 7.90. The second-order valence-corrected chi connectivity index (χ2v) is 4.95. The molecule has 27 heavy (non-hydrogen) atoms. The van der Waals surface area contributed by atoms with Crippen LogP contribution >= 0.6 is 0 Å². The summed E-state index contributed by atoms with van der Waals surface area (Å²) >= 11 is 0. The topological polar surface area (TPSA) is 27.7 Å². The number of rotatable bonds is 12. The van der Waals surface area contributed by atoms with Gasteiger partial charge in [0.15, 0.2) is 0 Å². The summed E-state index contributed by atoms with van der Waals surface area (Å²) in [5.74, 6) is -24.3. The summed E-state index contributed by atoms with van der Waals surface area (Å²) in [5.41, 5.74) is 0. The van der Waals surface area contributed by atoms with Crippen molar-refractivity contribution in [3.05, 3.63) is 0 Å². The Morgan fingerprint density at radius 2 is 0.778 bits per heavy atom. The van der Waals surface area contributed by atoms with Gasteiger partial charge in [0.2, 0.25) is 0 Å². The molecule has 0 saturated heterocycles. The minimum atomic E-state index is -6.29. The van der Waals surface area contributed by atoms with Crippen LogP contribution in [0, 0.1) is 0 Å². The van der Waals surface area contributed by atoms with Gasteiger partial charge < -0.3 is 14.2 Å². The minimum Gasteiger partial charge on any atom is -0.368 e. The summed E-state index contributed by atoms with van der Waals surface area (Å²) in [6, 6.07) is 0. The van der Waals surface area contributed by atoms with E-state index in [-0.39, 0.29) is 0 Å². The van der Waals surface area contributed by atoms with Crippen LogP contribution in [0.4, 0.5) is 52.7 Å². The van der Waals surface area contributed by atoms with E-state index < -0.39 is 62.3 Å². The van der Waals surface area contributed by atoms with Crippen molar-refractivity contribution in [2.24, 2.45) is 0 Å². The van der Waals surface area contributed by atoms with Crippen molar-refractivity contribution in [2.45, 2.75) is 49.8 Å². The highest BCUT2D eigenvalue weighted by atomic mass is 19.4. The number of hydrogen-bond acceptors (Lipinski definition) is 3. The molecule has 0 amide bonds. The molecule has 15 heteroatoms. The highest BCUT2D eigenvalue weighted by Crippen LogP contribution is 2.48. The number of hydrogen-bond donors (Lipinski definition) is 0. The Morgan fingerprint density at radius 1 is 0.519 bits per heavy atom. The number of alkyl halides is 12. The molecule has 0 aromatic carbocycles. The molecule has 0 radical (unpaired) electrons. The molecule has 3 nitrogen and oxygen atoms in total. The van der Waals surface area contributed by atoms with Crippen molar-refractivity contribution >= 4 is 0 Å². The predicted molar refractivity (Wildman–Crippen MR) is 63.8 cm³/mol. The van der Waals surface area contributed by atoms with Crippen LogP contribution in [0.5, 0.6) is 0 Å². The minimum absolute atomic E-state index is 0.750. The fraction of sp³-hybridized carbons (Fsp3) is 1.00. The van der Waals surface area contributed by atoms with Gasteiger partial charge >= 0.3 is 35.9 Å². The molecule has 164 valence electrons. The van der Waals surface area contributed by atoms with Crippen molar-refractivity contribution in [1.29, 1.82) is 0 Å². The molecule has 0 fully saturated rings. The van der Waals surface area contributed by atoms with Gasteiger partial charge in [0.1, 0.15) is 13.2 Å². The van der Waals surface area contributed by atoms with Crippen LogP contribution in [0.15, 0.2) is 0 Å². The molecular formula is C12H14F12O3. The van der Waals surface area contributed by atoms with E-state index in [1.807, 2.05) is 0 Å². The van der Waals surface area contributed by atoms with Gasteiger partial charge in [-0.25, -0.2) is 0 Å². The first-order chi connectivity index (χ1) is 11.8. The molecular weight excluding hydrogens is 420 g/mol. The fourth-order valence-corrected chi connectivity index (χ4v) is 1.46. The van der Waals surface area contributed by atoms with Crippen LogP contribution in [0.3, 0.4) is 0 Å². The molecule has 0 aliphatic carbocycles. The third kappa shape index (κ3) is 5.10. The van der Waals surface area contributed by atoms with Crippen LogP contribution in [0.25, 0.3) is 0 Å². The standard InChI is InChI=1S/C12H14F12O3/c1-3-26-11(21,22)9(17,18)7(13,14)5-25-6-8(15,16)10(19,20)12(23,24)27-4-2/h3-6H2,1-2H3. The van der Waals surface area contributed by atoms with Gasteiger partial charge in [0.25, 0.3) is 0 Å². The van der Waals surface area contributed by atoms with Gasteiger partial charge in [-0.15, -0.1) is 0 Å². The maximum Gasteiger partial charge on any atom is 0.425 e. The first-order valence-electron chi connectivity index (χ1n) is 6.95. The van der Waals surface area contributed by atoms with Crippen molar-refractivity contribution in [1.82, 2.24) is 0 Å². The van der Waals surface area contributed by atoms with Crippen molar-refractivity contribution < 1.29 is 66.9 Å². The Bertz CT molecular complexity index is 438.